The van der Waals surface area contributed by atoms with Crippen LogP contribution in [0.5, 0.6) is 0 Å². The molecule has 0 radical (unpaired) electrons. The highest BCUT2D eigenvalue weighted by molar-refractivity contribution is 7.89. The molecule has 0 unspecified atom stereocenters. The fraction of sp³-hybridized carbons (Fsp3) is 0.500. The Hall–Kier alpha value is -2.00. The summed E-state index contributed by atoms with van der Waals surface area (Å²) in [7, 11) is -3.76. The van der Waals surface area contributed by atoms with E-state index in [2.05, 4.69) is 10.6 Å². The van der Waals surface area contributed by atoms with Crippen molar-refractivity contribution < 1.29 is 17.9 Å². The van der Waals surface area contributed by atoms with Crippen LogP contribution in [0.4, 0.5) is 16.2 Å². The van der Waals surface area contributed by atoms with Crippen molar-refractivity contribution in [3.05, 3.63) is 18.2 Å². The molecule has 8 nitrogen and oxygen atoms in total. The maximum absolute atomic E-state index is 11.4. The molecule has 0 aliphatic carbocycles. The maximum Gasteiger partial charge on any atom is 0.407 e. The van der Waals surface area contributed by atoms with E-state index in [1.54, 1.807) is 26.8 Å². The summed E-state index contributed by atoms with van der Waals surface area (Å²) in [4.78, 5) is 11.4. The van der Waals surface area contributed by atoms with Crippen molar-refractivity contribution in [2.24, 2.45) is 5.14 Å². The highest BCUT2D eigenvalue weighted by Crippen LogP contribution is 2.21. The Morgan fingerprint density at radius 2 is 1.91 bits per heavy atom. The maximum atomic E-state index is 11.4. The number of sulfonamides is 1. The SMILES string of the molecule is CC(C)(C)OC(=O)NCCCNc1ccc(S(N)(=O)=O)cc1N. The van der Waals surface area contributed by atoms with E-state index in [1.165, 1.54) is 12.1 Å². The average molecular weight is 344 g/mol. The molecular formula is C14H24N4O4S. The van der Waals surface area contributed by atoms with Gasteiger partial charge in [-0.3, -0.25) is 0 Å². The second-order valence-electron chi connectivity index (χ2n) is 6.00. The third kappa shape index (κ3) is 7.20. The molecule has 130 valence electrons. The molecule has 6 N–H and O–H groups in total. The van der Waals surface area contributed by atoms with E-state index >= 15 is 0 Å². The molecule has 0 aliphatic rings. The van der Waals surface area contributed by atoms with E-state index in [-0.39, 0.29) is 10.6 Å². The van der Waals surface area contributed by atoms with Crippen molar-refractivity contribution in [3.63, 3.8) is 0 Å². The summed E-state index contributed by atoms with van der Waals surface area (Å²) >= 11 is 0. The van der Waals surface area contributed by atoms with Gasteiger partial charge in [-0.25, -0.2) is 18.4 Å². The monoisotopic (exact) mass is 344 g/mol. The first-order valence-corrected chi connectivity index (χ1v) is 8.67. The summed E-state index contributed by atoms with van der Waals surface area (Å²) in [5, 5.41) is 10.7. The third-order valence-electron chi connectivity index (χ3n) is 2.69. The Bertz CT molecular complexity index is 653. The molecule has 1 aromatic carbocycles. The molecule has 0 atom stereocenters. The fourth-order valence-corrected chi connectivity index (χ4v) is 2.24. The van der Waals surface area contributed by atoms with Gasteiger partial charge in [-0.2, -0.15) is 0 Å². The van der Waals surface area contributed by atoms with E-state index < -0.39 is 21.7 Å². The predicted molar refractivity (Wildman–Crippen MR) is 89.6 cm³/mol. The van der Waals surface area contributed by atoms with Crippen molar-refractivity contribution >= 4 is 27.5 Å². The van der Waals surface area contributed by atoms with E-state index in [0.29, 0.717) is 25.2 Å². The lowest BCUT2D eigenvalue weighted by atomic mass is 10.2. The number of carbonyl (C=O) groups excluding carboxylic acids is 1. The summed E-state index contributed by atoms with van der Waals surface area (Å²) in [5.41, 5.74) is 6.15. The zero-order chi connectivity index (χ0) is 17.7. The largest absolute Gasteiger partial charge is 0.444 e. The molecule has 0 aliphatic heterocycles. The molecular weight excluding hydrogens is 320 g/mol. The molecule has 1 rings (SSSR count). The highest BCUT2D eigenvalue weighted by Gasteiger charge is 2.15. The van der Waals surface area contributed by atoms with Gasteiger partial charge in [0.2, 0.25) is 10.0 Å². The first-order chi connectivity index (χ1) is 10.5. The van der Waals surface area contributed by atoms with Crippen molar-refractivity contribution in [1.82, 2.24) is 5.32 Å². The van der Waals surface area contributed by atoms with Crippen molar-refractivity contribution in [2.45, 2.75) is 37.7 Å². The zero-order valence-electron chi connectivity index (χ0n) is 13.5. The van der Waals surface area contributed by atoms with Crippen LogP contribution in [0.15, 0.2) is 23.1 Å². The van der Waals surface area contributed by atoms with Gasteiger partial charge in [-0.05, 0) is 45.4 Å². The molecule has 0 saturated carbocycles. The normalized spacial score (nSPS) is 11.8. The predicted octanol–water partition coefficient (Wildman–Crippen LogP) is 1.24. The molecule has 1 amide bonds. The number of primary sulfonamides is 1. The Balaban J connectivity index is 2.38. The van der Waals surface area contributed by atoms with Gasteiger partial charge in [-0.15, -0.1) is 0 Å². The lowest BCUT2D eigenvalue weighted by Crippen LogP contribution is -2.33. The minimum atomic E-state index is -3.76. The van der Waals surface area contributed by atoms with Crippen LogP contribution < -0.4 is 21.5 Å². The second-order valence-corrected chi connectivity index (χ2v) is 7.56. The minimum absolute atomic E-state index is 0.0351. The fourth-order valence-electron chi connectivity index (χ4n) is 1.69. The summed E-state index contributed by atoms with van der Waals surface area (Å²) in [6.45, 7) is 6.37. The Labute approximate surface area is 136 Å². The van der Waals surface area contributed by atoms with E-state index in [0.717, 1.165) is 0 Å². The van der Waals surface area contributed by atoms with E-state index in [4.69, 9.17) is 15.6 Å². The van der Waals surface area contributed by atoms with Crippen LogP contribution in [0, 0.1) is 0 Å². The molecule has 0 fully saturated rings. The molecule has 0 heterocycles. The Morgan fingerprint density at radius 1 is 1.26 bits per heavy atom. The van der Waals surface area contributed by atoms with Gasteiger partial charge >= 0.3 is 6.09 Å². The van der Waals surface area contributed by atoms with Crippen LogP contribution in [-0.2, 0) is 14.8 Å². The number of nitrogens with two attached hydrogens (primary N) is 2. The van der Waals surface area contributed by atoms with Gasteiger partial charge in [0.1, 0.15) is 5.60 Å². The molecule has 0 aromatic heterocycles. The van der Waals surface area contributed by atoms with Crippen LogP contribution in [-0.4, -0.2) is 33.2 Å². The number of hydrogen-bond acceptors (Lipinski definition) is 6. The summed E-state index contributed by atoms with van der Waals surface area (Å²) in [6.07, 6.45) is 0.185. The van der Waals surface area contributed by atoms with Crippen molar-refractivity contribution in [1.29, 1.82) is 0 Å². The number of carbonyl (C=O) groups is 1. The molecule has 1 aromatic rings. The summed E-state index contributed by atoms with van der Waals surface area (Å²) < 4.78 is 27.5. The highest BCUT2D eigenvalue weighted by atomic mass is 32.2. The number of anilines is 2. The van der Waals surface area contributed by atoms with Crippen LogP contribution in [0.2, 0.25) is 0 Å². The number of nitrogens with one attached hydrogen (secondary N) is 2. The number of amides is 1. The number of ether oxygens (including phenoxy) is 1. The van der Waals surface area contributed by atoms with Crippen LogP contribution in [0.1, 0.15) is 27.2 Å². The molecule has 0 saturated heterocycles. The van der Waals surface area contributed by atoms with Gasteiger partial charge in [0.15, 0.2) is 0 Å². The number of benzene rings is 1. The Kier molecular flexibility index (Phi) is 6.22. The van der Waals surface area contributed by atoms with Gasteiger partial charge in [0.25, 0.3) is 0 Å². The second kappa shape index (κ2) is 7.51. The summed E-state index contributed by atoms with van der Waals surface area (Å²) in [6, 6.07) is 4.24. The smallest absolute Gasteiger partial charge is 0.407 e. The average Bonchev–Trinajstić information content (AvgIpc) is 2.36. The van der Waals surface area contributed by atoms with Gasteiger partial charge < -0.3 is 21.1 Å². The number of nitrogen functional groups attached to an aromatic ring is 1. The van der Waals surface area contributed by atoms with Crippen molar-refractivity contribution in [2.75, 3.05) is 24.1 Å². The van der Waals surface area contributed by atoms with Crippen LogP contribution >= 0.6 is 0 Å². The molecule has 0 bridgehead atoms. The zero-order valence-corrected chi connectivity index (χ0v) is 14.4. The van der Waals surface area contributed by atoms with Gasteiger partial charge in [-0.1, -0.05) is 0 Å². The molecule has 0 spiro atoms. The van der Waals surface area contributed by atoms with Crippen LogP contribution in [0.3, 0.4) is 0 Å². The first-order valence-electron chi connectivity index (χ1n) is 7.12. The van der Waals surface area contributed by atoms with Gasteiger partial charge in [0.05, 0.1) is 16.3 Å². The lowest BCUT2D eigenvalue weighted by molar-refractivity contribution is 0.0528. The topological polar surface area (TPSA) is 137 Å². The summed E-state index contributed by atoms with van der Waals surface area (Å²) in [5.74, 6) is 0. The molecule has 9 heteroatoms. The van der Waals surface area contributed by atoms with Crippen molar-refractivity contribution in [3.8, 4) is 0 Å². The quantitative estimate of drug-likeness (QED) is 0.453. The molecule has 23 heavy (non-hydrogen) atoms. The number of alkyl carbamates (subject to hydrolysis) is 1. The number of rotatable bonds is 6. The minimum Gasteiger partial charge on any atom is -0.444 e. The third-order valence-corrected chi connectivity index (χ3v) is 3.60. The Morgan fingerprint density at radius 3 is 2.43 bits per heavy atom. The number of hydrogen-bond donors (Lipinski definition) is 4. The van der Waals surface area contributed by atoms with Gasteiger partial charge in [0, 0.05) is 13.1 Å². The lowest BCUT2D eigenvalue weighted by Gasteiger charge is -2.19. The van der Waals surface area contributed by atoms with E-state index in [9.17, 15) is 13.2 Å². The first kappa shape index (κ1) is 19.0. The van der Waals surface area contributed by atoms with E-state index in [1.807, 2.05) is 0 Å². The standard InChI is InChI=1S/C14H24N4O4S/c1-14(2,3)22-13(19)18-8-4-7-17-12-6-5-10(9-11(12)15)23(16,20)21/h5-6,9,17H,4,7-8,15H2,1-3H3,(H,18,19)(H2,16,20,21). The van der Waals surface area contributed by atoms with Crippen LogP contribution in [0.25, 0.3) is 0 Å².